The van der Waals surface area contributed by atoms with E-state index >= 15 is 0 Å². The summed E-state index contributed by atoms with van der Waals surface area (Å²) in [5, 5.41) is 19.0. The summed E-state index contributed by atoms with van der Waals surface area (Å²) in [7, 11) is -1.22. The Hall–Kier alpha value is -2.96. The minimum atomic E-state index is -1.22. The van der Waals surface area contributed by atoms with Crippen LogP contribution >= 0.6 is 0 Å². The second-order valence-electron chi connectivity index (χ2n) is 5.25. The van der Waals surface area contributed by atoms with E-state index in [0.717, 1.165) is 5.56 Å². The first-order chi connectivity index (χ1) is 11.5. The van der Waals surface area contributed by atoms with Gasteiger partial charge in [-0.2, -0.15) is 0 Å². The Morgan fingerprint density at radius 1 is 1.50 bits per heavy atom. The van der Waals surface area contributed by atoms with Crippen molar-refractivity contribution in [2.45, 2.75) is 19.4 Å². The lowest BCUT2D eigenvalue weighted by Gasteiger charge is -2.13. The Morgan fingerprint density at radius 3 is 3.00 bits per heavy atom. The molecule has 0 aliphatic carbocycles. The van der Waals surface area contributed by atoms with Gasteiger partial charge in [-0.15, -0.1) is 0 Å². The molecule has 0 bridgehead atoms. The first-order valence-corrected chi connectivity index (χ1v) is 7.05. The molecule has 0 saturated carbocycles. The number of aliphatic carboxylic acids is 1. The summed E-state index contributed by atoms with van der Waals surface area (Å²) in [6.45, 7) is 8.71. The number of carboxylic acid groups (broad SMARTS) is 1. The maximum Gasteiger partial charge on any atom is 0.492 e. The number of fused-ring (bicyclic) bond motifs is 1. The van der Waals surface area contributed by atoms with Gasteiger partial charge in [0.05, 0.1) is 18.7 Å². The van der Waals surface area contributed by atoms with Crippen LogP contribution in [0.15, 0.2) is 24.5 Å². The minimum Gasteiger partial charge on any atom is -0.481 e. The van der Waals surface area contributed by atoms with Crippen LogP contribution in [0.3, 0.4) is 0 Å². The molecule has 1 aliphatic heterocycles. The Kier molecular flexibility index (Phi) is 4.16. The van der Waals surface area contributed by atoms with Gasteiger partial charge in [-0.3, -0.25) is 9.78 Å². The van der Waals surface area contributed by atoms with Gasteiger partial charge in [-0.25, -0.2) is 0 Å². The van der Waals surface area contributed by atoms with Crippen molar-refractivity contribution in [2.24, 2.45) is 0 Å². The normalized spacial score (nSPS) is 15.7. The minimum absolute atomic E-state index is 0.107. The van der Waals surface area contributed by atoms with E-state index in [4.69, 9.17) is 21.1 Å². The molecule has 1 atom stereocenters. The van der Waals surface area contributed by atoms with Gasteiger partial charge >= 0.3 is 19.0 Å². The van der Waals surface area contributed by atoms with Gasteiger partial charge in [-0.1, -0.05) is 11.6 Å². The molecule has 120 valence electrons. The molecule has 1 unspecified atom stereocenters. The number of carbonyl (C=O) groups is 1. The van der Waals surface area contributed by atoms with Crippen molar-refractivity contribution in [3.8, 4) is 11.6 Å². The smallest absolute Gasteiger partial charge is 0.481 e. The standard InChI is InChI=1S/C15H12BN3O5/c1-8-3-9(23-13-7-18-6-12(17-2)19-13)4-10-15(8)11(5-14(20)21)24-16(10)22/h3-4,6-7,11,22H,5H2,1H3,(H,20,21). The second-order valence-corrected chi connectivity index (χ2v) is 5.25. The quantitative estimate of drug-likeness (QED) is 0.646. The van der Waals surface area contributed by atoms with E-state index in [-0.39, 0.29) is 18.1 Å². The third-order valence-corrected chi connectivity index (χ3v) is 3.57. The van der Waals surface area contributed by atoms with Crippen LogP contribution in [-0.4, -0.2) is 33.2 Å². The number of rotatable bonds is 4. The van der Waals surface area contributed by atoms with Crippen molar-refractivity contribution in [2.75, 3.05) is 0 Å². The molecule has 2 aromatic rings. The molecule has 9 heteroatoms. The Labute approximate surface area is 137 Å². The number of aryl methyl sites for hydroxylation is 1. The summed E-state index contributed by atoms with van der Waals surface area (Å²) in [5.74, 6) is -0.360. The predicted octanol–water partition coefficient (Wildman–Crippen LogP) is 1.36. The summed E-state index contributed by atoms with van der Waals surface area (Å²) >= 11 is 0. The SMILES string of the molecule is [C-]#[N+]c1cncc(Oc2cc(C)c3c(c2)B(O)OC3CC(=O)O)n1. The van der Waals surface area contributed by atoms with E-state index in [1.807, 2.05) is 0 Å². The number of aromatic nitrogens is 2. The lowest BCUT2D eigenvalue weighted by atomic mass is 9.77. The molecule has 3 rings (SSSR count). The van der Waals surface area contributed by atoms with Crippen LogP contribution in [0.1, 0.15) is 23.7 Å². The monoisotopic (exact) mass is 325 g/mol. The van der Waals surface area contributed by atoms with E-state index in [1.165, 1.54) is 12.4 Å². The molecule has 2 heterocycles. The molecule has 1 aromatic heterocycles. The first-order valence-electron chi connectivity index (χ1n) is 7.05. The third-order valence-electron chi connectivity index (χ3n) is 3.57. The van der Waals surface area contributed by atoms with Crippen molar-refractivity contribution in [3.05, 3.63) is 47.1 Å². The third kappa shape index (κ3) is 3.06. The maximum atomic E-state index is 10.9. The van der Waals surface area contributed by atoms with Crippen molar-refractivity contribution >= 4 is 24.4 Å². The van der Waals surface area contributed by atoms with Crippen LogP contribution in [0, 0.1) is 13.5 Å². The zero-order chi connectivity index (χ0) is 17.3. The lowest BCUT2D eigenvalue weighted by Crippen LogP contribution is -2.28. The van der Waals surface area contributed by atoms with Crippen molar-refractivity contribution < 1.29 is 24.3 Å². The van der Waals surface area contributed by atoms with Gasteiger partial charge in [0.15, 0.2) is 0 Å². The lowest BCUT2D eigenvalue weighted by molar-refractivity contribution is -0.138. The van der Waals surface area contributed by atoms with Gasteiger partial charge in [0.25, 0.3) is 5.82 Å². The van der Waals surface area contributed by atoms with Crippen LogP contribution in [0.4, 0.5) is 5.82 Å². The summed E-state index contributed by atoms with van der Waals surface area (Å²) in [5.41, 5.74) is 1.85. The van der Waals surface area contributed by atoms with E-state index in [9.17, 15) is 9.82 Å². The number of ether oxygens (including phenoxy) is 1. The summed E-state index contributed by atoms with van der Waals surface area (Å²) in [6, 6.07) is 3.27. The molecular formula is C15H12BN3O5. The largest absolute Gasteiger partial charge is 0.492 e. The molecule has 24 heavy (non-hydrogen) atoms. The molecular weight excluding hydrogens is 313 g/mol. The second kappa shape index (κ2) is 6.27. The molecule has 0 saturated heterocycles. The zero-order valence-corrected chi connectivity index (χ0v) is 12.6. The number of hydrogen-bond acceptors (Lipinski definition) is 6. The van der Waals surface area contributed by atoms with Gasteiger partial charge in [0.1, 0.15) is 11.9 Å². The van der Waals surface area contributed by atoms with Crippen molar-refractivity contribution in [3.63, 3.8) is 0 Å². The van der Waals surface area contributed by atoms with Gasteiger partial charge in [-0.05, 0) is 35.6 Å². The molecule has 0 radical (unpaired) electrons. The Balaban J connectivity index is 1.93. The summed E-state index contributed by atoms with van der Waals surface area (Å²) in [4.78, 5) is 21.9. The van der Waals surface area contributed by atoms with Crippen molar-refractivity contribution in [1.29, 1.82) is 0 Å². The van der Waals surface area contributed by atoms with E-state index in [0.29, 0.717) is 16.8 Å². The molecule has 1 aromatic carbocycles. The Morgan fingerprint density at radius 2 is 2.29 bits per heavy atom. The highest BCUT2D eigenvalue weighted by Crippen LogP contribution is 2.32. The predicted molar refractivity (Wildman–Crippen MR) is 83.2 cm³/mol. The van der Waals surface area contributed by atoms with Gasteiger partial charge < -0.3 is 24.4 Å². The average molecular weight is 325 g/mol. The molecule has 8 nitrogen and oxygen atoms in total. The highest BCUT2D eigenvalue weighted by molar-refractivity contribution is 6.62. The highest BCUT2D eigenvalue weighted by Gasteiger charge is 2.38. The highest BCUT2D eigenvalue weighted by atomic mass is 16.5. The van der Waals surface area contributed by atoms with E-state index in [2.05, 4.69) is 14.8 Å². The van der Waals surface area contributed by atoms with Crippen molar-refractivity contribution in [1.82, 2.24) is 9.97 Å². The fourth-order valence-corrected chi connectivity index (χ4v) is 2.66. The molecule has 0 spiro atoms. The topological polar surface area (TPSA) is 106 Å². The Bertz CT molecular complexity index is 851. The number of nitrogens with zero attached hydrogens (tertiary/aromatic N) is 3. The fraction of sp³-hybridized carbons (Fsp3) is 0.200. The van der Waals surface area contributed by atoms with Crippen LogP contribution in [0.25, 0.3) is 4.85 Å². The summed E-state index contributed by atoms with van der Waals surface area (Å²) in [6.07, 6.45) is 1.76. The summed E-state index contributed by atoms with van der Waals surface area (Å²) < 4.78 is 10.9. The first kappa shape index (κ1) is 15.9. The molecule has 0 amide bonds. The number of carboxylic acids is 1. The number of hydrogen-bond donors (Lipinski definition) is 2. The van der Waals surface area contributed by atoms with Crippen LogP contribution in [-0.2, 0) is 9.45 Å². The number of benzene rings is 1. The maximum absolute atomic E-state index is 10.9. The van der Waals surface area contributed by atoms with Crippen LogP contribution < -0.4 is 10.2 Å². The fourth-order valence-electron chi connectivity index (χ4n) is 2.66. The zero-order valence-electron chi connectivity index (χ0n) is 12.6. The molecule has 0 fully saturated rings. The van der Waals surface area contributed by atoms with Crippen LogP contribution in [0.5, 0.6) is 11.6 Å². The van der Waals surface area contributed by atoms with E-state index < -0.39 is 19.2 Å². The molecule has 2 N–H and O–H groups in total. The average Bonchev–Trinajstić information content (AvgIpc) is 2.83. The van der Waals surface area contributed by atoms with E-state index in [1.54, 1.807) is 19.1 Å². The van der Waals surface area contributed by atoms with Gasteiger partial charge in [0.2, 0.25) is 0 Å². The molecule has 1 aliphatic rings. The van der Waals surface area contributed by atoms with Crippen LogP contribution in [0.2, 0.25) is 0 Å². The van der Waals surface area contributed by atoms with Gasteiger partial charge in [0, 0.05) is 0 Å².